The number of hydrogen-bond donors (Lipinski definition) is 1. The van der Waals surface area contributed by atoms with Crippen LogP contribution >= 0.6 is 11.6 Å². The number of benzene rings is 2. The van der Waals surface area contributed by atoms with Crippen LogP contribution in [0.2, 0.25) is 5.02 Å². The maximum Gasteiger partial charge on any atom is 0.227 e. The fourth-order valence-corrected chi connectivity index (χ4v) is 5.35. The zero-order valence-electron chi connectivity index (χ0n) is 16.1. The first-order valence-corrected chi connectivity index (χ1v) is 11.3. The molecule has 1 aliphatic heterocycles. The number of halogens is 1. The van der Waals surface area contributed by atoms with Crippen LogP contribution in [0.4, 0.5) is 5.69 Å². The highest BCUT2D eigenvalue weighted by atomic mass is 35.5. The van der Waals surface area contributed by atoms with Gasteiger partial charge in [-0.15, -0.1) is 0 Å². The van der Waals surface area contributed by atoms with Crippen molar-refractivity contribution in [2.75, 3.05) is 18.4 Å². The molecular formula is C21H25ClN2O3S. The van der Waals surface area contributed by atoms with Crippen molar-refractivity contribution >= 4 is 33.2 Å². The van der Waals surface area contributed by atoms with Crippen molar-refractivity contribution in [2.45, 2.75) is 32.4 Å². The van der Waals surface area contributed by atoms with E-state index in [1.807, 2.05) is 38.1 Å². The number of aryl methyl sites for hydroxylation is 2. The minimum Gasteiger partial charge on any atom is -0.326 e. The van der Waals surface area contributed by atoms with E-state index < -0.39 is 10.0 Å². The zero-order valence-corrected chi connectivity index (χ0v) is 17.7. The predicted molar refractivity (Wildman–Crippen MR) is 113 cm³/mol. The first kappa shape index (κ1) is 20.8. The van der Waals surface area contributed by atoms with Crippen molar-refractivity contribution in [1.82, 2.24) is 4.31 Å². The third kappa shape index (κ3) is 4.93. The molecule has 1 fully saturated rings. The van der Waals surface area contributed by atoms with Crippen LogP contribution in [0.15, 0.2) is 42.5 Å². The van der Waals surface area contributed by atoms with Gasteiger partial charge >= 0.3 is 0 Å². The number of amides is 1. The Morgan fingerprint density at radius 3 is 2.43 bits per heavy atom. The van der Waals surface area contributed by atoms with E-state index in [9.17, 15) is 13.2 Å². The molecule has 5 nitrogen and oxygen atoms in total. The van der Waals surface area contributed by atoms with E-state index in [4.69, 9.17) is 11.6 Å². The second-order valence-corrected chi connectivity index (χ2v) is 9.71. The van der Waals surface area contributed by atoms with Gasteiger partial charge < -0.3 is 5.32 Å². The topological polar surface area (TPSA) is 66.5 Å². The molecule has 0 spiro atoms. The van der Waals surface area contributed by atoms with Gasteiger partial charge in [-0.2, -0.15) is 0 Å². The fourth-order valence-electron chi connectivity index (χ4n) is 3.46. The number of carbonyl (C=O) groups is 1. The van der Waals surface area contributed by atoms with Crippen molar-refractivity contribution in [1.29, 1.82) is 0 Å². The van der Waals surface area contributed by atoms with Crippen molar-refractivity contribution in [3.8, 4) is 0 Å². The van der Waals surface area contributed by atoms with Gasteiger partial charge in [-0.25, -0.2) is 12.7 Å². The van der Waals surface area contributed by atoms with Gasteiger partial charge in [-0.05, 0) is 61.6 Å². The molecule has 150 valence electrons. The molecule has 3 rings (SSSR count). The molecule has 1 saturated heterocycles. The maximum absolute atomic E-state index is 12.8. The summed E-state index contributed by atoms with van der Waals surface area (Å²) in [6, 6.07) is 12.9. The SMILES string of the molecule is Cc1ccccc1CS(=O)(=O)N1CCC(C(=O)Nc2ccc(Cl)cc2C)CC1. The number of sulfonamides is 1. The van der Waals surface area contributed by atoms with Crippen LogP contribution in [-0.2, 0) is 20.6 Å². The molecule has 2 aromatic rings. The number of nitrogens with zero attached hydrogens (tertiary/aromatic N) is 1. The molecule has 1 heterocycles. The van der Waals surface area contributed by atoms with Crippen LogP contribution in [0.25, 0.3) is 0 Å². The zero-order chi connectivity index (χ0) is 20.3. The third-order valence-electron chi connectivity index (χ3n) is 5.26. The van der Waals surface area contributed by atoms with Crippen molar-refractivity contribution < 1.29 is 13.2 Å². The average molecular weight is 421 g/mol. The first-order chi connectivity index (χ1) is 13.3. The molecule has 2 aromatic carbocycles. The van der Waals surface area contributed by atoms with Crippen LogP contribution in [-0.4, -0.2) is 31.7 Å². The molecule has 0 saturated carbocycles. The van der Waals surface area contributed by atoms with E-state index in [0.717, 1.165) is 22.4 Å². The third-order valence-corrected chi connectivity index (χ3v) is 7.33. The van der Waals surface area contributed by atoms with Crippen LogP contribution in [0.3, 0.4) is 0 Å². The molecule has 1 N–H and O–H groups in total. The van der Waals surface area contributed by atoms with Gasteiger partial charge in [0.2, 0.25) is 15.9 Å². The molecule has 0 unspecified atom stereocenters. The summed E-state index contributed by atoms with van der Waals surface area (Å²) >= 11 is 5.95. The molecule has 7 heteroatoms. The van der Waals surface area contributed by atoms with E-state index in [1.165, 1.54) is 4.31 Å². The van der Waals surface area contributed by atoms with Gasteiger partial charge in [0.05, 0.1) is 5.75 Å². The summed E-state index contributed by atoms with van der Waals surface area (Å²) in [5.41, 5.74) is 3.43. The summed E-state index contributed by atoms with van der Waals surface area (Å²) in [7, 11) is -3.39. The molecule has 0 aliphatic carbocycles. The van der Waals surface area contributed by atoms with Crippen LogP contribution in [0, 0.1) is 19.8 Å². The van der Waals surface area contributed by atoms with Gasteiger partial charge in [0.1, 0.15) is 0 Å². The lowest BCUT2D eigenvalue weighted by Crippen LogP contribution is -2.42. The maximum atomic E-state index is 12.8. The Hall–Kier alpha value is -1.89. The van der Waals surface area contributed by atoms with Crippen molar-refractivity contribution in [2.24, 2.45) is 5.92 Å². The molecule has 0 bridgehead atoms. The van der Waals surface area contributed by atoms with E-state index in [0.29, 0.717) is 31.0 Å². The van der Waals surface area contributed by atoms with Gasteiger partial charge in [-0.1, -0.05) is 35.9 Å². The number of anilines is 1. The van der Waals surface area contributed by atoms with Gasteiger partial charge in [0.15, 0.2) is 0 Å². The summed E-state index contributed by atoms with van der Waals surface area (Å²) in [6.07, 6.45) is 1.04. The number of piperidine rings is 1. The smallest absolute Gasteiger partial charge is 0.227 e. The van der Waals surface area contributed by atoms with Crippen LogP contribution in [0.5, 0.6) is 0 Å². The Morgan fingerprint density at radius 2 is 1.79 bits per heavy atom. The molecule has 0 radical (unpaired) electrons. The highest BCUT2D eigenvalue weighted by Gasteiger charge is 2.31. The Morgan fingerprint density at radius 1 is 1.11 bits per heavy atom. The largest absolute Gasteiger partial charge is 0.326 e. The highest BCUT2D eigenvalue weighted by Crippen LogP contribution is 2.25. The molecule has 28 heavy (non-hydrogen) atoms. The van der Waals surface area contributed by atoms with Gasteiger partial charge in [0, 0.05) is 29.7 Å². The summed E-state index contributed by atoms with van der Waals surface area (Å²) in [5.74, 6) is -0.262. The number of carbonyl (C=O) groups excluding carboxylic acids is 1. The minimum absolute atomic E-state index is 0.000502. The molecule has 0 atom stereocenters. The van der Waals surface area contributed by atoms with Crippen molar-refractivity contribution in [3.63, 3.8) is 0 Å². The molecule has 1 aliphatic rings. The molecular weight excluding hydrogens is 396 g/mol. The van der Waals surface area contributed by atoms with E-state index in [-0.39, 0.29) is 17.6 Å². The summed E-state index contributed by atoms with van der Waals surface area (Å²) < 4.78 is 27.0. The monoisotopic (exact) mass is 420 g/mol. The second kappa shape index (κ2) is 8.64. The first-order valence-electron chi connectivity index (χ1n) is 9.35. The summed E-state index contributed by atoms with van der Waals surface area (Å²) in [5, 5.41) is 3.57. The van der Waals surface area contributed by atoms with E-state index >= 15 is 0 Å². The second-order valence-electron chi connectivity index (χ2n) is 7.30. The number of nitrogens with one attached hydrogen (secondary N) is 1. The van der Waals surface area contributed by atoms with E-state index in [2.05, 4.69) is 5.32 Å². The Labute approximate surface area is 171 Å². The van der Waals surface area contributed by atoms with Crippen LogP contribution < -0.4 is 5.32 Å². The standard InChI is InChI=1S/C21H25ClN2O3S/c1-15-5-3-4-6-18(15)14-28(26,27)24-11-9-17(10-12-24)21(25)23-20-8-7-19(22)13-16(20)2/h3-8,13,17H,9-12,14H2,1-2H3,(H,23,25). The Bertz CT molecular complexity index is 967. The lowest BCUT2D eigenvalue weighted by atomic mass is 9.97. The number of hydrogen-bond acceptors (Lipinski definition) is 3. The van der Waals surface area contributed by atoms with Gasteiger partial charge in [0.25, 0.3) is 0 Å². The highest BCUT2D eigenvalue weighted by molar-refractivity contribution is 7.88. The average Bonchev–Trinajstić information content (AvgIpc) is 2.66. The predicted octanol–water partition coefficient (Wildman–Crippen LogP) is 4.14. The normalized spacial score (nSPS) is 16.1. The van der Waals surface area contributed by atoms with Crippen LogP contribution in [0.1, 0.15) is 29.5 Å². The lowest BCUT2D eigenvalue weighted by Gasteiger charge is -2.30. The van der Waals surface area contributed by atoms with E-state index in [1.54, 1.807) is 18.2 Å². The lowest BCUT2D eigenvalue weighted by molar-refractivity contribution is -0.120. The summed E-state index contributed by atoms with van der Waals surface area (Å²) in [4.78, 5) is 12.6. The molecule has 1 amide bonds. The van der Waals surface area contributed by atoms with Crippen molar-refractivity contribution in [3.05, 3.63) is 64.2 Å². The minimum atomic E-state index is -3.39. The Balaban J connectivity index is 1.59. The van der Waals surface area contributed by atoms with Gasteiger partial charge in [-0.3, -0.25) is 4.79 Å². The fraction of sp³-hybridized carbons (Fsp3) is 0.381. The quantitative estimate of drug-likeness (QED) is 0.790. The molecule has 0 aromatic heterocycles. The summed E-state index contributed by atoms with van der Waals surface area (Å²) in [6.45, 7) is 4.54. The Kier molecular flexibility index (Phi) is 6.43. The number of rotatable bonds is 5.